The van der Waals surface area contributed by atoms with Gasteiger partial charge in [-0.05, 0) is 50.6 Å². The number of likely N-dealkylation sites (N-methyl/N-ethyl adjacent to an activating group) is 1. The molecule has 0 heterocycles. The van der Waals surface area contributed by atoms with Crippen LogP contribution in [0.2, 0.25) is 0 Å². The molecule has 2 aromatic rings. The Bertz CT molecular complexity index is 889. The molecular formula is C22H29FN3O4+. The van der Waals surface area contributed by atoms with Gasteiger partial charge in [0.05, 0.1) is 20.3 Å². The Kier molecular flexibility index (Phi) is 8.61. The normalized spacial score (nSPS) is 11.5. The monoisotopic (exact) mass is 418 g/mol. The van der Waals surface area contributed by atoms with E-state index >= 15 is 0 Å². The van der Waals surface area contributed by atoms with Crippen LogP contribution in [0.5, 0.6) is 11.5 Å². The summed E-state index contributed by atoms with van der Waals surface area (Å²) in [5.74, 6) is 0.248. The van der Waals surface area contributed by atoms with Crippen molar-refractivity contribution in [3.05, 3.63) is 47.8 Å². The fraction of sp³-hybridized carbons (Fsp3) is 0.364. The van der Waals surface area contributed by atoms with Gasteiger partial charge in [-0.2, -0.15) is 0 Å². The van der Waals surface area contributed by atoms with Gasteiger partial charge in [-0.15, -0.1) is 0 Å². The number of benzene rings is 2. The van der Waals surface area contributed by atoms with E-state index in [-0.39, 0.29) is 30.7 Å². The second kappa shape index (κ2) is 11.2. The lowest BCUT2D eigenvalue weighted by molar-refractivity contribution is -0.862. The van der Waals surface area contributed by atoms with E-state index in [1.54, 1.807) is 44.3 Å². The van der Waals surface area contributed by atoms with Gasteiger partial charge in [0.2, 0.25) is 0 Å². The zero-order chi connectivity index (χ0) is 22.1. The maximum atomic E-state index is 13.6. The molecule has 30 heavy (non-hydrogen) atoms. The summed E-state index contributed by atoms with van der Waals surface area (Å²) in [5, 5.41) is 5.44. The Hall–Kier alpha value is -3.13. The minimum atomic E-state index is -0.380. The number of quaternary nitrogens is 1. The molecule has 3 N–H and O–H groups in total. The van der Waals surface area contributed by atoms with Gasteiger partial charge in [-0.1, -0.05) is 6.07 Å². The lowest BCUT2D eigenvalue weighted by Gasteiger charge is -2.15. The number of halogens is 1. The van der Waals surface area contributed by atoms with Gasteiger partial charge in [0.1, 0.15) is 5.82 Å². The molecule has 0 bridgehead atoms. The molecule has 1 unspecified atom stereocenters. The first-order valence-electron chi connectivity index (χ1n) is 9.89. The number of aryl methyl sites for hydroxylation is 1. The number of amides is 2. The molecule has 0 aromatic heterocycles. The van der Waals surface area contributed by atoms with Crippen molar-refractivity contribution in [1.29, 1.82) is 0 Å². The maximum absolute atomic E-state index is 13.6. The van der Waals surface area contributed by atoms with E-state index in [0.717, 1.165) is 0 Å². The number of rotatable bonds is 10. The number of hydrogen-bond acceptors (Lipinski definition) is 4. The Morgan fingerprint density at radius 3 is 2.00 bits per heavy atom. The van der Waals surface area contributed by atoms with Crippen LogP contribution in [-0.2, 0) is 9.59 Å². The van der Waals surface area contributed by atoms with E-state index in [9.17, 15) is 14.0 Å². The standard InChI is InChI=1S/C22H28FN3O4/c1-5-29-19-10-9-17(12-20(19)30-6-2)25-22(28)14-26(4)13-21(27)24-16-8-7-15(3)18(23)11-16/h7-12H,5-6,13-14H2,1-4H3,(H,24,27)(H,25,28)/p+1. The molecule has 0 aliphatic heterocycles. The van der Waals surface area contributed by atoms with Crippen LogP contribution in [0.4, 0.5) is 15.8 Å². The second-order valence-electron chi connectivity index (χ2n) is 6.90. The summed E-state index contributed by atoms with van der Waals surface area (Å²) >= 11 is 0. The van der Waals surface area contributed by atoms with Crippen LogP contribution in [0.3, 0.4) is 0 Å². The summed E-state index contributed by atoms with van der Waals surface area (Å²) in [6, 6.07) is 9.70. The van der Waals surface area contributed by atoms with Gasteiger partial charge in [0, 0.05) is 17.4 Å². The lowest BCUT2D eigenvalue weighted by Crippen LogP contribution is -3.11. The maximum Gasteiger partial charge on any atom is 0.279 e. The van der Waals surface area contributed by atoms with Gasteiger partial charge in [-0.3, -0.25) is 9.59 Å². The highest BCUT2D eigenvalue weighted by Crippen LogP contribution is 2.30. The van der Waals surface area contributed by atoms with Crippen molar-refractivity contribution in [2.75, 3.05) is 44.0 Å². The van der Waals surface area contributed by atoms with E-state index in [0.29, 0.717) is 46.6 Å². The summed E-state index contributed by atoms with van der Waals surface area (Å²) in [7, 11) is 1.73. The number of nitrogens with one attached hydrogen (secondary N) is 3. The number of carbonyl (C=O) groups is 2. The quantitative estimate of drug-likeness (QED) is 0.552. The van der Waals surface area contributed by atoms with Crippen molar-refractivity contribution in [2.24, 2.45) is 0 Å². The minimum absolute atomic E-state index is 0.0659. The molecule has 0 saturated carbocycles. The second-order valence-corrected chi connectivity index (χ2v) is 6.90. The van der Waals surface area contributed by atoms with Crippen molar-refractivity contribution >= 4 is 23.2 Å². The summed E-state index contributed by atoms with van der Waals surface area (Å²) in [5.41, 5.74) is 1.48. The SMILES string of the molecule is CCOc1ccc(NC(=O)C[NH+](C)CC(=O)Nc2ccc(C)c(F)c2)cc1OCC. The summed E-state index contributed by atoms with van der Waals surface area (Å²) in [6.07, 6.45) is 0. The molecule has 0 fully saturated rings. The molecule has 162 valence electrons. The molecular weight excluding hydrogens is 389 g/mol. The molecule has 0 aliphatic carbocycles. The van der Waals surface area contributed by atoms with E-state index in [1.807, 2.05) is 13.8 Å². The fourth-order valence-electron chi connectivity index (χ4n) is 2.82. The topological polar surface area (TPSA) is 81.1 Å². The molecule has 2 aromatic carbocycles. The number of ether oxygens (including phenoxy) is 2. The van der Waals surface area contributed by atoms with Gasteiger partial charge >= 0.3 is 0 Å². The minimum Gasteiger partial charge on any atom is -0.490 e. The third-order valence-corrected chi connectivity index (χ3v) is 4.21. The average Bonchev–Trinajstić information content (AvgIpc) is 2.66. The summed E-state index contributed by atoms with van der Waals surface area (Å²) < 4.78 is 24.7. The molecule has 8 heteroatoms. The third kappa shape index (κ3) is 7.04. The van der Waals surface area contributed by atoms with Crippen LogP contribution in [0.25, 0.3) is 0 Å². The van der Waals surface area contributed by atoms with Crippen molar-refractivity contribution in [3.63, 3.8) is 0 Å². The van der Waals surface area contributed by atoms with E-state index in [4.69, 9.17) is 9.47 Å². The first-order valence-corrected chi connectivity index (χ1v) is 9.89. The van der Waals surface area contributed by atoms with E-state index in [2.05, 4.69) is 10.6 Å². The van der Waals surface area contributed by atoms with E-state index in [1.165, 1.54) is 6.07 Å². The molecule has 0 radical (unpaired) electrons. The van der Waals surface area contributed by atoms with Crippen LogP contribution in [-0.4, -0.2) is 45.2 Å². The van der Waals surface area contributed by atoms with Gasteiger partial charge < -0.3 is 25.0 Å². The zero-order valence-corrected chi connectivity index (χ0v) is 17.8. The number of anilines is 2. The number of hydrogen-bond donors (Lipinski definition) is 3. The molecule has 2 rings (SSSR count). The van der Waals surface area contributed by atoms with Crippen LogP contribution < -0.4 is 25.0 Å². The lowest BCUT2D eigenvalue weighted by atomic mass is 10.2. The van der Waals surface area contributed by atoms with Gasteiger partial charge in [-0.25, -0.2) is 4.39 Å². The molecule has 0 spiro atoms. The van der Waals surface area contributed by atoms with Crippen molar-refractivity contribution in [1.82, 2.24) is 0 Å². The van der Waals surface area contributed by atoms with Crippen molar-refractivity contribution < 1.29 is 28.4 Å². The molecule has 1 atom stereocenters. The Labute approximate surface area is 176 Å². The molecule has 7 nitrogen and oxygen atoms in total. The Morgan fingerprint density at radius 2 is 1.43 bits per heavy atom. The highest BCUT2D eigenvalue weighted by molar-refractivity contribution is 5.93. The van der Waals surface area contributed by atoms with Crippen LogP contribution in [0.15, 0.2) is 36.4 Å². The molecule has 0 saturated heterocycles. The molecule has 0 aliphatic rings. The van der Waals surface area contributed by atoms with Gasteiger partial charge in [0.15, 0.2) is 24.6 Å². The summed E-state index contributed by atoms with van der Waals surface area (Å²) in [4.78, 5) is 25.2. The van der Waals surface area contributed by atoms with Crippen molar-refractivity contribution in [2.45, 2.75) is 20.8 Å². The predicted molar refractivity (Wildman–Crippen MR) is 114 cm³/mol. The first-order chi connectivity index (χ1) is 14.3. The first kappa shape index (κ1) is 23.2. The zero-order valence-electron chi connectivity index (χ0n) is 17.8. The highest BCUT2D eigenvalue weighted by atomic mass is 19.1. The van der Waals surface area contributed by atoms with Crippen LogP contribution in [0.1, 0.15) is 19.4 Å². The molecule has 2 amide bonds. The van der Waals surface area contributed by atoms with Crippen LogP contribution >= 0.6 is 0 Å². The average molecular weight is 418 g/mol. The number of carbonyl (C=O) groups excluding carboxylic acids is 2. The third-order valence-electron chi connectivity index (χ3n) is 4.21. The van der Waals surface area contributed by atoms with Crippen LogP contribution in [0, 0.1) is 12.7 Å². The van der Waals surface area contributed by atoms with E-state index < -0.39 is 0 Å². The van der Waals surface area contributed by atoms with Crippen molar-refractivity contribution in [3.8, 4) is 11.5 Å². The predicted octanol–water partition coefficient (Wildman–Crippen LogP) is 2.02. The largest absolute Gasteiger partial charge is 0.490 e. The highest BCUT2D eigenvalue weighted by Gasteiger charge is 2.16. The fourth-order valence-corrected chi connectivity index (χ4v) is 2.82. The Morgan fingerprint density at radius 1 is 0.900 bits per heavy atom. The summed E-state index contributed by atoms with van der Waals surface area (Å²) in [6.45, 7) is 6.55. The van der Waals surface area contributed by atoms with Gasteiger partial charge in [0.25, 0.3) is 11.8 Å². The smallest absolute Gasteiger partial charge is 0.279 e. The Balaban J connectivity index is 1.88.